The topological polar surface area (TPSA) is 72.2 Å². The van der Waals surface area contributed by atoms with Crippen LogP contribution < -0.4 is 11.1 Å². The highest BCUT2D eigenvalue weighted by Crippen LogP contribution is 2.09. The number of nitrogens with two attached hydrogens (primary N) is 1. The molecule has 3 N–H and O–H groups in total. The third-order valence-corrected chi connectivity index (χ3v) is 3.31. The van der Waals surface area contributed by atoms with E-state index in [0.29, 0.717) is 0 Å². The Balaban J connectivity index is 2.02. The molecule has 2 rings (SSSR count). The van der Waals surface area contributed by atoms with E-state index in [9.17, 15) is 18.4 Å². The summed E-state index contributed by atoms with van der Waals surface area (Å²) in [5.41, 5.74) is 6.12. The van der Waals surface area contributed by atoms with Crippen LogP contribution in [0.4, 0.5) is 8.78 Å². The predicted molar refractivity (Wildman–Crippen MR) is 86.9 cm³/mol. The zero-order valence-electron chi connectivity index (χ0n) is 12.7. The van der Waals surface area contributed by atoms with Crippen LogP contribution in [-0.2, 0) is 4.79 Å². The van der Waals surface area contributed by atoms with Crippen LogP contribution >= 0.6 is 0 Å². The van der Waals surface area contributed by atoms with E-state index in [4.69, 9.17) is 5.73 Å². The van der Waals surface area contributed by atoms with Gasteiger partial charge in [0.25, 0.3) is 5.91 Å². The van der Waals surface area contributed by atoms with E-state index in [1.165, 1.54) is 0 Å². The van der Waals surface area contributed by atoms with Crippen LogP contribution in [0.25, 0.3) is 6.08 Å². The first-order valence-electron chi connectivity index (χ1n) is 7.24. The monoisotopic (exact) mass is 330 g/mol. The van der Waals surface area contributed by atoms with E-state index in [0.717, 1.165) is 23.8 Å². The fourth-order valence-corrected chi connectivity index (χ4v) is 2.03. The Morgan fingerprint density at radius 3 is 2.42 bits per heavy atom. The van der Waals surface area contributed by atoms with E-state index >= 15 is 0 Å². The van der Waals surface area contributed by atoms with Gasteiger partial charge in [-0.1, -0.05) is 42.5 Å². The fourth-order valence-electron chi connectivity index (χ4n) is 2.03. The Morgan fingerprint density at radius 2 is 1.79 bits per heavy atom. The molecule has 0 saturated carbocycles. The van der Waals surface area contributed by atoms with Crippen molar-refractivity contribution in [1.29, 1.82) is 0 Å². The molecular formula is C18H16F2N2O2. The SMILES string of the molecule is NC(=O)[C@H](C/C=C/c1ccccc1)NC(=O)c1ccc(F)c(F)c1. The molecule has 6 heteroatoms. The molecule has 0 aliphatic carbocycles. The lowest BCUT2D eigenvalue weighted by Gasteiger charge is -2.13. The van der Waals surface area contributed by atoms with Gasteiger partial charge in [0, 0.05) is 5.56 Å². The molecule has 0 aliphatic heterocycles. The number of carbonyl (C=O) groups excluding carboxylic acids is 2. The highest BCUT2D eigenvalue weighted by atomic mass is 19.2. The predicted octanol–water partition coefficient (Wildman–Crippen LogP) is 2.65. The molecule has 24 heavy (non-hydrogen) atoms. The summed E-state index contributed by atoms with van der Waals surface area (Å²) < 4.78 is 26.1. The maximum Gasteiger partial charge on any atom is 0.252 e. The first-order valence-corrected chi connectivity index (χ1v) is 7.24. The maximum atomic E-state index is 13.2. The molecule has 0 unspecified atom stereocenters. The van der Waals surface area contributed by atoms with Crippen molar-refractivity contribution in [3.05, 3.63) is 77.4 Å². The van der Waals surface area contributed by atoms with Gasteiger partial charge in [-0.3, -0.25) is 9.59 Å². The molecule has 0 radical (unpaired) electrons. The smallest absolute Gasteiger partial charge is 0.252 e. The van der Waals surface area contributed by atoms with E-state index in [2.05, 4.69) is 5.32 Å². The molecule has 124 valence electrons. The molecule has 0 spiro atoms. The molecular weight excluding hydrogens is 314 g/mol. The van der Waals surface area contributed by atoms with Crippen molar-refractivity contribution in [2.24, 2.45) is 5.73 Å². The Morgan fingerprint density at radius 1 is 1.08 bits per heavy atom. The number of primary amides is 1. The zero-order chi connectivity index (χ0) is 17.5. The Kier molecular flexibility index (Phi) is 5.78. The largest absolute Gasteiger partial charge is 0.368 e. The van der Waals surface area contributed by atoms with Gasteiger partial charge in [0.2, 0.25) is 5.91 Å². The Bertz CT molecular complexity index is 761. The normalized spacial score (nSPS) is 12.1. The molecule has 1 atom stereocenters. The van der Waals surface area contributed by atoms with Crippen LogP contribution in [0, 0.1) is 11.6 Å². The minimum atomic E-state index is -1.14. The molecule has 0 fully saturated rings. The molecule has 0 aromatic heterocycles. The molecule has 0 saturated heterocycles. The molecule has 2 aromatic rings. The Hall–Kier alpha value is -3.02. The summed E-state index contributed by atoms with van der Waals surface area (Å²) >= 11 is 0. The lowest BCUT2D eigenvalue weighted by molar-refractivity contribution is -0.119. The maximum absolute atomic E-state index is 13.2. The number of rotatable bonds is 6. The number of benzene rings is 2. The number of carbonyl (C=O) groups is 2. The average Bonchev–Trinajstić information content (AvgIpc) is 2.57. The summed E-state index contributed by atoms with van der Waals surface area (Å²) in [7, 11) is 0. The van der Waals surface area contributed by atoms with Gasteiger partial charge < -0.3 is 11.1 Å². The second-order valence-corrected chi connectivity index (χ2v) is 5.11. The Labute approximate surface area is 138 Å². The van der Waals surface area contributed by atoms with E-state index < -0.39 is 29.5 Å². The average molecular weight is 330 g/mol. The van der Waals surface area contributed by atoms with Crippen molar-refractivity contribution >= 4 is 17.9 Å². The fraction of sp³-hybridized carbons (Fsp3) is 0.111. The van der Waals surface area contributed by atoms with Crippen molar-refractivity contribution in [2.75, 3.05) is 0 Å². The number of nitrogens with one attached hydrogen (secondary N) is 1. The molecule has 4 nitrogen and oxygen atoms in total. The van der Waals surface area contributed by atoms with Crippen molar-refractivity contribution in [2.45, 2.75) is 12.5 Å². The number of halogens is 2. The van der Waals surface area contributed by atoms with Crippen molar-refractivity contribution in [3.63, 3.8) is 0 Å². The summed E-state index contributed by atoms with van der Waals surface area (Å²) in [6, 6.07) is 11.2. The van der Waals surface area contributed by atoms with Crippen LogP contribution in [-0.4, -0.2) is 17.9 Å². The number of hydrogen-bond acceptors (Lipinski definition) is 2. The number of amides is 2. The van der Waals surface area contributed by atoms with Crippen molar-refractivity contribution < 1.29 is 18.4 Å². The summed E-state index contributed by atoms with van der Waals surface area (Å²) in [6.45, 7) is 0. The lowest BCUT2D eigenvalue weighted by Crippen LogP contribution is -2.44. The second-order valence-electron chi connectivity index (χ2n) is 5.11. The van der Waals surface area contributed by atoms with Gasteiger partial charge >= 0.3 is 0 Å². The lowest BCUT2D eigenvalue weighted by atomic mass is 10.1. The molecule has 2 aromatic carbocycles. The van der Waals surface area contributed by atoms with Crippen LogP contribution in [0.3, 0.4) is 0 Å². The van der Waals surface area contributed by atoms with Gasteiger partial charge in [-0.25, -0.2) is 8.78 Å². The third-order valence-electron chi connectivity index (χ3n) is 3.31. The van der Waals surface area contributed by atoms with Gasteiger partial charge in [0.05, 0.1) is 0 Å². The standard InChI is InChI=1S/C18H16F2N2O2/c19-14-10-9-13(11-15(14)20)18(24)22-16(17(21)23)8-4-7-12-5-2-1-3-6-12/h1-7,9-11,16H,8H2,(H2,21,23)(H,22,24)/b7-4+/t16-/m0/s1. The van der Waals surface area contributed by atoms with Crippen LogP contribution in [0.1, 0.15) is 22.3 Å². The highest BCUT2D eigenvalue weighted by Gasteiger charge is 2.18. The second kappa shape index (κ2) is 8.01. The van der Waals surface area contributed by atoms with E-state index in [1.54, 1.807) is 12.2 Å². The summed E-state index contributed by atoms with van der Waals surface area (Å²) in [5.74, 6) is -3.61. The third kappa shape index (κ3) is 4.74. The summed E-state index contributed by atoms with van der Waals surface area (Å²) in [6.07, 6.45) is 3.68. The molecule has 0 bridgehead atoms. The zero-order valence-corrected chi connectivity index (χ0v) is 12.7. The summed E-state index contributed by atoms with van der Waals surface area (Å²) in [5, 5.41) is 2.41. The van der Waals surface area contributed by atoms with Gasteiger partial charge in [-0.05, 0) is 30.2 Å². The molecule has 0 heterocycles. The molecule has 2 amide bonds. The molecule has 0 aliphatic rings. The van der Waals surface area contributed by atoms with Crippen LogP contribution in [0.15, 0.2) is 54.6 Å². The van der Waals surface area contributed by atoms with Crippen molar-refractivity contribution in [1.82, 2.24) is 5.32 Å². The summed E-state index contributed by atoms with van der Waals surface area (Å²) in [4.78, 5) is 23.5. The van der Waals surface area contributed by atoms with Gasteiger partial charge in [0.1, 0.15) is 6.04 Å². The quantitative estimate of drug-likeness (QED) is 0.855. The van der Waals surface area contributed by atoms with Crippen molar-refractivity contribution in [3.8, 4) is 0 Å². The first-order chi connectivity index (χ1) is 11.5. The van der Waals surface area contributed by atoms with E-state index in [-0.39, 0.29) is 12.0 Å². The van der Waals surface area contributed by atoms with Gasteiger partial charge in [-0.2, -0.15) is 0 Å². The van der Waals surface area contributed by atoms with Gasteiger partial charge in [0.15, 0.2) is 11.6 Å². The van der Waals surface area contributed by atoms with Gasteiger partial charge in [-0.15, -0.1) is 0 Å². The highest BCUT2D eigenvalue weighted by molar-refractivity contribution is 5.97. The number of hydrogen-bond donors (Lipinski definition) is 2. The first kappa shape index (κ1) is 17.3. The van der Waals surface area contributed by atoms with Crippen LogP contribution in [0.5, 0.6) is 0 Å². The minimum absolute atomic E-state index is 0.0906. The minimum Gasteiger partial charge on any atom is -0.368 e. The van der Waals surface area contributed by atoms with E-state index in [1.807, 2.05) is 30.3 Å². The van der Waals surface area contributed by atoms with Crippen LogP contribution in [0.2, 0.25) is 0 Å².